The van der Waals surface area contributed by atoms with Crippen LogP contribution in [0.4, 0.5) is 17.6 Å². The normalized spacial score (nSPS) is 16.3. The van der Waals surface area contributed by atoms with E-state index in [9.17, 15) is 22.4 Å². The van der Waals surface area contributed by atoms with E-state index in [0.717, 1.165) is 32.7 Å². The molecular formula is C15H19F4N3O. The van der Waals surface area contributed by atoms with Crippen LogP contribution in [0, 0.1) is 5.82 Å². The lowest BCUT2D eigenvalue weighted by Crippen LogP contribution is -2.44. The second kappa shape index (κ2) is 7.74. The SMILES string of the molecule is O=C(NCCCN1CCNCC1)c1cc(C(F)(F)F)ccc1F. The van der Waals surface area contributed by atoms with Crippen molar-refractivity contribution in [3.63, 3.8) is 0 Å². The van der Waals surface area contributed by atoms with Gasteiger partial charge in [-0.15, -0.1) is 0 Å². The Labute approximate surface area is 131 Å². The second-order valence-electron chi connectivity index (χ2n) is 5.39. The first-order valence-electron chi connectivity index (χ1n) is 7.46. The maximum atomic E-state index is 13.6. The number of rotatable bonds is 5. The maximum absolute atomic E-state index is 13.6. The summed E-state index contributed by atoms with van der Waals surface area (Å²) in [6.07, 6.45) is -3.95. The fraction of sp³-hybridized carbons (Fsp3) is 0.533. The minimum absolute atomic E-state index is 0.290. The Morgan fingerprint density at radius 3 is 2.61 bits per heavy atom. The van der Waals surface area contributed by atoms with E-state index in [1.54, 1.807) is 0 Å². The molecule has 1 fully saturated rings. The van der Waals surface area contributed by atoms with Gasteiger partial charge in [-0.05, 0) is 31.2 Å². The van der Waals surface area contributed by atoms with Gasteiger partial charge < -0.3 is 15.5 Å². The van der Waals surface area contributed by atoms with E-state index >= 15 is 0 Å². The van der Waals surface area contributed by atoms with E-state index in [-0.39, 0.29) is 0 Å². The summed E-state index contributed by atoms with van der Waals surface area (Å²) in [5.74, 6) is -1.79. The number of nitrogens with one attached hydrogen (secondary N) is 2. The van der Waals surface area contributed by atoms with Crippen LogP contribution in [0.1, 0.15) is 22.3 Å². The lowest BCUT2D eigenvalue weighted by molar-refractivity contribution is -0.137. The van der Waals surface area contributed by atoms with Gasteiger partial charge in [0.2, 0.25) is 0 Å². The van der Waals surface area contributed by atoms with Gasteiger partial charge in [0.15, 0.2) is 0 Å². The molecule has 0 radical (unpaired) electrons. The Balaban J connectivity index is 1.85. The summed E-state index contributed by atoms with van der Waals surface area (Å²) in [6.45, 7) is 4.77. The number of hydrogen-bond donors (Lipinski definition) is 2. The molecule has 4 nitrogen and oxygen atoms in total. The molecule has 2 N–H and O–H groups in total. The smallest absolute Gasteiger partial charge is 0.352 e. The first kappa shape index (κ1) is 17.7. The quantitative estimate of drug-likeness (QED) is 0.639. The van der Waals surface area contributed by atoms with Gasteiger partial charge >= 0.3 is 6.18 Å². The molecule has 0 atom stereocenters. The number of halogens is 4. The highest BCUT2D eigenvalue weighted by Crippen LogP contribution is 2.30. The minimum Gasteiger partial charge on any atom is -0.352 e. The molecule has 1 heterocycles. The number of alkyl halides is 3. The molecular weight excluding hydrogens is 314 g/mol. The van der Waals surface area contributed by atoms with Crippen molar-refractivity contribution in [2.45, 2.75) is 12.6 Å². The molecule has 0 aliphatic carbocycles. The van der Waals surface area contributed by atoms with Crippen molar-refractivity contribution in [1.82, 2.24) is 15.5 Å². The van der Waals surface area contributed by atoms with Crippen LogP contribution in [-0.4, -0.2) is 50.1 Å². The number of amides is 1. The van der Waals surface area contributed by atoms with Crippen LogP contribution >= 0.6 is 0 Å². The predicted molar refractivity (Wildman–Crippen MR) is 77.7 cm³/mol. The molecule has 0 spiro atoms. The third-order valence-corrected chi connectivity index (χ3v) is 3.68. The first-order chi connectivity index (χ1) is 10.9. The van der Waals surface area contributed by atoms with E-state index in [0.29, 0.717) is 31.2 Å². The van der Waals surface area contributed by atoms with Gasteiger partial charge in [-0.25, -0.2) is 4.39 Å². The van der Waals surface area contributed by atoms with E-state index in [2.05, 4.69) is 15.5 Å². The van der Waals surface area contributed by atoms with E-state index in [1.807, 2.05) is 0 Å². The molecule has 1 aliphatic heterocycles. The number of piperazine rings is 1. The standard InChI is InChI=1S/C15H19F4N3O/c16-13-3-2-11(15(17,18)19)10-12(13)14(23)21-4-1-7-22-8-5-20-6-9-22/h2-3,10,20H,1,4-9H2,(H,21,23). The Morgan fingerprint density at radius 2 is 1.96 bits per heavy atom. The molecule has 0 unspecified atom stereocenters. The monoisotopic (exact) mass is 333 g/mol. The van der Waals surface area contributed by atoms with Crippen LogP contribution in [0.25, 0.3) is 0 Å². The van der Waals surface area contributed by atoms with Gasteiger partial charge in [0, 0.05) is 32.7 Å². The van der Waals surface area contributed by atoms with Crippen LogP contribution in [-0.2, 0) is 6.18 Å². The zero-order valence-corrected chi connectivity index (χ0v) is 12.5. The number of nitrogens with zero attached hydrogens (tertiary/aromatic N) is 1. The molecule has 1 aromatic carbocycles. The molecule has 1 amide bonds. The Hall–Kier alpha value is -1.67. The number of carbonyl (C=O) groups excluding carboxylic acids is 1. The van der Waals surface area contributed by atoms with Crippen molar-refractivity contribution in [2.24, 2.45) is 0 Å². The summed E-state index contributed by atoms with van der Waals surface area (Å²) < 4.78 is 51.4. The summed E-state index contributed by atoms with van der Waals surface area (Å²) in [5.41, 5.74) is -1.62. The predicted octanol–water partition coefficient (Wildman–Crippen LogP) is 1.87. The molecule has 23 heavy (non-hydrogen) atoms. The Bertz CT molecular complexity index is 542. The van der Waals surface area contributed by atoms with Crippen molar-refractivity contribution >= 4 is 5.91 Å². The van der Waals surface area contributed by atoms with Crippen molar-refractivity contribution in [3.05, 3.63) is 35.1 Å². The first-order valence-corrected chi connectivity index (χ1v) is 7.46. The van der Waals surface area contributed by atoms with E-state index < -0.39 is 29.0 Å². The highest BCUT2D eigenvalue weighted by Gasteiger charge is 2.31. The van der Waals surface area contributed by atoms with Crippen molar-refractivity contribution in [2.75, 3.05) is 39.3 Å². The van der Waals surface area contributed by atoms with Gasteiger partial charge in [-0.3, -0.25) is 4.79 Å². The fourth-order valence-electron chi connectivity index (χ4n) is 2.41. The molecule has 0 aromatic heterocycles. The molecule has 1 aromatic rings. The largest absolute Gasteiger partial charge is 0.416 e. The molecule has 0 bridgehead atoms. The van der Waals surface area contributed by atoms with Crippen molar-refractivity contribution < 1.29 is 22.4 Å². The van der Waals surface area contributed by atoms with Crippen LogP contribution in [0.3, 0.4) is 0 Å². The third kappa shape index (κ3) is 5.18. The maximum Gasteiger partial charge on any atom is 0.416 e. The Kier molecular flexibility index (Phi) is 5.95. The van der Waals surface area contributed by atoms with Crippen molar-refractivity contribution in [3.8, 4) is 0 Å². The lowest BCUT2D eigenvalue weighted by Gasteiger charge is -2.27. The van der Waals surface area contributed by atoms with E-state index in [4.69, 9.17) is 0 Å². The van der Waals surface area contributed by atoms with Gasteiger partial charge in [-0.1, -0.05) is 0 Å². The number of benzene rings is 1. The third-order valence-electron chi connectivity index (χ3n) is 3.68. The van der Waals surface area contributed by atoms with Crippen LogP contribution < -0.4 is 10.6 Å². The summed E-state index contributed by atoms with van der Waals surface area (Å²) in [4.78, 5) is 14.1. The fourth-order valence-corrected chi connectivity index (χ4v) is 2.41. The molecule has 1 saturated heterocycles. The second-order valence-corrected chi connectivity index (χ2v) is 5.39. The van der Waals surface area contributed by atoms with Crippen molar-refractivity contribution in [1.29, 1.82) is 0 Å². The topological polar surface area (TPSA) is 44.4 Å². The summed E-state index contributed by atoms with van der Waals surface area (Å²) >= 11 is 0. The average molecular weight is 333 g/mol. The summed E-state index contributed by atoms with van der Waals surface area (Å²) in [7, 11) is 0. The number of hydrogen-bond acceptors (Lipinski definition) is 3. The molecule has 128 valence electrons. The van der Waals surface area contributed by atoms with Crippen LogP contribution in [0.2, 0.25) is 0 Å². The zero-order chi connectivity index (χ0) is 16.9. The van der Waals surface area contributed by atoms with Gasteiger partial charge in [0.25, 0.3) is 5.91 Å². The number of carbonyl (C=O) groups is 1. The van der Waals surface area contributed by atoms with Gasteiger partial charge in [0.1, 0.15) is 5.82 Å². The summed E-state index contributed by atoms with van der Waals surface area (Å²) in [5, 5.41) is 5.69. The van der Waals surface area contributed by atoms with Gasteiger partial charge in [-0.2, -0.15) is 13.2 Å². The highest BCUT2D eigenvalue weighted by molar-refractivity contribution is 5.94. The zero-order valence-electron chi connectivity index (χ0n) is 12.5. The highest BCUT2D eigenvalue weighted by atomic mass is 19.4. The summed E-state index contributed by atoms with van der Waals surface area (Å²) in [6, 6.07) is 1.83. The molecule has 1 aliphatic rings. The lowest BCUT2D eigenvalue weighted by atomic mass is 10.1. The van der Waals surface area contributed by atoms with E-state index in [1.165, 1.54) is 0 Å². The van der Waals surface area contributed by atoms with Crippen LogP contribution in [0.5, 0.6) is 0 Å². The average Bonchev–Trinajstić information content (AvgIpc) is 2.51. The Morgan fingerprint density at radius 1 is 1.26 bits per heavy atom. The molecule has 8 heteroatoms. The van der Waals surface area contributed by atoms with Gasteiger partial charge in [0.05, 0.1) is 11.1 Å². The minimum atomic E-state index is -4.61. The van der Waals surface area contributed by atoms with Crippen LogP contribution in [0.15, 0.2) is 18.2 Å². The molecule has 2 rings (SSSR count). The molecule has 0 saturated carbocycles.